The van der Waals surface area contributed by atoms with Crippen molar-refractivity contribution in [2.24, 2.45) is 5.92 Å². The Labute approximate surface area is 231 Å². The molecule has 2 heterocycles. The van der Waals surface area contributed by atoms with Gasteiger partial charge in [0, 0.05) is 6.61 Å². The van der Waals surface area contributed by atoms with Gasteiger partial charge in [-0.2, -0.15) is 0 Å². The molecule has 0 spiro atoms. The first-order valence-corrected chi connectivity index (χ1v) is 13.7. The van der Waals surface area contributed by atoms with E-state index in [-0.39, 0.29) is 36.4 Å². The van der Waals surface area contributed by atoms with Crippen molar-refractivity contribution in [2.45, 2.75) is 50.1 Å². The highest BCUT2D eigenvalue weighted by molar-refractivity contribution is 8.00. The normalized spacial score (nSPS) is 23.1. The molecule has 10 nitrogen and oxygen atoms in total. The zero-order valence-electron chi connectivity index (χ0n) is 21.8. The van der Waals surface area contributed by atoms with Crippen molar-refractivity contribution in [2.75, 3.05) is 19.5 Å². The van der Waals surface area contributed by atoms with Crippen LogP contribution in [0.25, 0.3) is 0 Å². The fourth-order valence-electron chi connectivity index (χ4n) is 4.48. The topological polar surface area (TPSA) is 131 Å². The summed E-state index contributed by atoms with van der Waals surface area (Å²) < 4.78 is 15.9. The fraction of sp³-hybridized carbons (Fsp3) is 0.429. The van der Waals surface area contributed by atoms with Gasteiger partial charge in [-0.25, -0.2) is 4.79 Å². The van der Waals surface area contributed by atoms with E-state index in [2.05, 4.69) is 5.32 Å². The minimum absolute atomic E-state index is 0.0118. The van der Waals surface area contributed by atoms with Crippen molar-refractivity contribution in [3.63, 3.8) is 0 Å². The third-order valence-electron chi connectivity index (χ3n) is 6.72. The predicted octanol–water partition coefficient (Wildman–Crippen LogP) is 1.68. The molecule has 0 aromatic heterocycles. The van der Waals surface area contributed by atoms with Crippen LogP contribution in [0.1, 0.15) is 24.5 Å². The number of esters is 1. The lowest BCUT2D eigenvalue weighted by atomic mass is 10.0. The number of aliphatic hydroxyl groups excluding tert-OH is 1. The number of hydrogen-bond acceptors (Lipinski definition) is 9. The van der Waals surface area contributed by atoms with E-state index in [0.29, 0.717) is 17.9 Å². The standard InChI is InChI=1S/C28H32N2O8S/c1-17-12-13-37-24(17)21(31)16-39-27-23(29-22(32)14-18-6-4-3-5-7-18)25(33)30(27)26(34)28(35)38-15-19-8-10-20(36-2)11-9-19/h3-11,17,23-24,26-27,34H,12-16H2,1-2H3,(H,29,32)/t17?,23-,24?,26?,27-/m1/s1. The summed E-state index contributed by atoms with van der Waals surface area (Å²) >= 11 is 1.07. The number of benzene rings is 2. The highest BCUT2D eigenvalue weighted by Crippen LogP contribution is 2.33. The SMILES string of the molecule is COc1ccc(COC(=O)C(O)N2C(=O)[C@@H](NC(=O)Cc3ccccc3)[C@H]2SCC(=O)C2OCCC2C)cc1. The van der Waals surface area contributed by atoms with Crippen LogP contribution in [0.15, 0.2) is 54.6 Å². The van der Waals surface area contributed by atoms with E-state index in [1.807, 2.05) is 25.1 Å². The van der Waals surface area contributed by atoms with Crippen LogP contribution in [-0.4, -0.2) is 76.8 Å². The Balaban J connectivity index is 1.40. The van der Waals surface area contributed by atoms with E-state index in [1.165, 1.54) is 7.11 Å². The number of amides is 2. The molecule has 2 saturated heterocycles. The number of carbonyl (C=O) groups is 4. The Morgan fingerprint density at radius 3 is 2.49 bits per heavy atom. The Bertz CT molecular complexity index is 1180. The highest BCUT2D eigenvalue weighted by atomic mass is 32.2. The maximum Gasteiger partial charge on any atom is 0.356 e. The fourth-order valence-corrected chi connectivity index (χ4v) is 5.74. The van der Waals surface area contributed by atoms with Gasteiger partial charge >= 0.3 is 5.97 Å². The lowest BCUT2D eigenvalue weighted by Gasteiger charge is -2.47. The molecule has 208 valence electrons. The second-order valence-electron chi connectivity index (χ2n) is 9.51. The third-order valence-corrected chi connectivity index (χ3v) is 8.01. The number of nitrogens with zero attached hydrogens (tertiary/aromatic N) is 1. The van der Waals surface area contributed by atoms with E-state index < -0.39 is 35.6 Å². The minimum atomic E-state index is -1.90. The van der Waals surface area contributed by atoms with Gasteiger partial charge in [0.25, 0.3) is 5.91 Å². The quantitative estimate of drug-likeness (QED) is 0.296. The van der Waals surface area contributed by atoms with Crippen molar-refractivity contribution < 1.29 is 38.5 Å². The molecule has 11 heteroatoms. The number of nitrogens with one attached hydrogen (secondary N) is 1. The van der Waals surface area contributed by atoms with Crippen LogP contribution in [0.3, 0.4) is 0 Å². The molecule has 2 aromatic rings. The second-order valence-corrected chi connectivity index (χ2v) is 10.6. The molecule has 0 radical (unpaired) electrons. The number of rotatable bonds is 12. The second kappa shape index (κ2) is 13.1. The molecule has 2 aromatic carbocycles. The molecule has 0 bridgehead atoms. The predicted molar refractivity (Wildman–Crippen MR) is 142 cm³/mol. The molecular formula is C28H32N2O8S. The third kappa shape index (κ3) is 6.97. The molecule has 2 fully saturated rings. The summed E-state index contributed by atoms with van der Waals surface area (Å²) in [5, 5.41) is 12.6. The van der Waals surface area contributed by atoms with Crippen LogP contribution >= 0.6 is 11.8 Å². The van der Waals surface area contributed by atoms with Crippen LogP contribution in [0.2, 0.25) is 0 Å². The van der Waals surface area contributed by atoms with Crippen LogP contribution in [0.4, 0.5) is 0 Å². The number of carbonyl (C=O) groups excluding carboxylic acids is 4. The van der Waals surface area contributed by atoms with Gasteiger partial charge in [-0.1, -0.05) is 49.4 Å². The van der Waals surface area contributed by atoms with Gasteiger partial charge in [0.2, 0.25) is 12.1 Å². The molecule has 2 aliphatic heterocycles. The van der Waals surface area contributed by atoms with Crippen LogP contribution in [0.5, 0.6) is 5.75 Å². The zero-order valence-corrected chi connectivity index (χ0v) is 22.6. The van der Waals surface area contributed by atoms with Crippen molar-refractivity contribution >= 4 is 35.3 Å². The maximum atomic E-state index is 13.0. The van der Waals surface area contributed by atoms with Crippen molar-refractivity contribution in [3.8, 4) is 5.75 Å². The summed E-state index contributed by atoms with van der Waals surface area (Å²) in [4.78, 5) is 52.0. The number of methoxy groups -OCH3 is 1. The van der Waals surface area contributed by atoms with Crippen molar-refractivity contribution in [3.05, 3.63) is 65.7 Å². The van der Waals surface area contributed by atoms with Crippen LogP contribution in [0, 0.1) is 5.92 Å². The number of ketones is 1. The Morgan fingerprint density at radius 2 is 1.85 bits per heavy atom. The molecule has 3 unspecified atom stereocenters. The molecule has 5 atom stereocenters. The van der Waals surface area contributed by atoms with Gasteiger partial charge in [-0.15, -0.1) is 11.8 Å². The van der Waals surface area contributed by atoms with Gasteiger partial charge in [-0.05, 0) is 35.6 Å². The Morgan fingerprint density at radius 1 is 1.13 bits per heavy atom. The Hall–Kier alpha value is -3.41. The molecule has 0 aliphatic carbocycles. The lowest BCUT2D eigenvalue weighted by Crippen LogP contribution is -2.73. The van der Waals surface area contributed by atoms with Gasteiger partial charge in [-0.3, -0.25) is 19.3 Å². The van der Waals surface area contributed by atoms with E-state index >= 15 is 0 Å². The van der Waals surface area contributed by atoms with E-state index in [9.17, 15) is 24.3 Å². The number of hydrogen-bond donors (Lipinski definition) is 2. The molecule has 2 aliphatic rings. The average Bonchev–Trinajstić information content (AvgIpc) is 3.38. The molecule has 2 amide bonds. The first kappa shape index (κ1) is 28.6. The Kier molecular flexibility index (Phi) is 9.60. The van der Waals surface area contributed by atoms with Gasteiger partial charge in [0.15, 0.2) is 5.78 Å². The smallest absolute Gasteiger partial charge is 0.356 e. The summed E-state index contributed by atoms with van der Waals surface area (Å²) in [5.74, 6) is -1.47. The number of thioether (sulfide) groups is 1. The number of Topliss-reactive ketones (excluding diaryl/α,β-unsaturated/α-hetero) is 1. The molecule has 2 N–H and O–H groups in total. The van der Waals surface area contributed by atoms with E-state index in [1.54, 1.807) is 36.4 Å². The molecule has 0 saturated carbocycles. The number of likely N-dealkylation sites (tertiary alicyclic amines) is 1. The number of ether oxygens (including phenoxy) is 3. The molecular weight excluding hydrogens is 524 g/mol. The summed E-state index contributed by atoms with van der Waals surface area (Å²) in [7, 11) is 1.54. The minimum Gasteiger partial charge on any atom is -0.497 e. The zero-order chi connectivity index (χ0) is 27.9. The summed E-state index contributed by atoms with van der Waals surface area (Å²) in [6, 6.07) is 14.9. The first-order chi connectivity index (χ1) is 18.8. The van der Waals surface area contributed by atoms with Crippen LogP contribution in [-0.2, 0) is 41.7 Å². The summed E-state index contributed by atoms with van der Waals surface area (Å²) in [6.45, 7) is 2.33. The number of aliphatic hydroxyl groups is 1. The van der Waals surface area contributed by atoms with E-state index in [0.717, 1.165) is 28.6 Å². The monoisotopic (exact) mass is 556 g/mol. The van der Waals surface area contributed by atoms with Gasteiger partial charge in [0.05, 0.1) is 19.3 Å². The first-order valence-electron chi connectivity index (χ1n) is 12.7. The lowest BCUT2D eigenvalue weighted by molar-refractivity contribution is -0.182. The highest BCUT2D eigenvalue weighted by Gasteiger charge is 2.53. The van der Waals surface area contributed by atoms with E-state index in [4.69, 9.17) is 14.2 Å². The van der Waals surface area contributed by atoms with Crippen molar-refractivity contribution in [1.29, 1.82) is 0 Å². The largest absolute Gasteiger partial charge is 0.497 e. The van der Waals surface area contributed by atoms with Gasteiger partial charge < -0.3 is 24.6 Å². The van der Waals surface area contributed by atoms with Crippen molar-refractivity contribution in [1.82, 2.24) is 10.2 Å². The summed E-state index contributed by atoms with van der Waals surface area (Å²) in [5.41, 5.74) is 1.44. The maximum absolute atomic E-state index is 13.0. The van der Waals surface area contributed by atoms with Gasteiger partial charge in [0.1, 0.15) is 29.9 Å². The average molecular weight is 557 g/mol. The molecule has 4 rings (SSSR count). The molecule has 39 heavy (non-hydrogen) atoms. The number of β-lactam (4-membered cyclic amide) rings is 1. The van der Waals surface area contributed by atoms with Crippen LogP contribution < -0.4 is 10.1 Å². The summed E-state index contributed by atoms with van der Waals surface area (Å²) in [6.07, 6.45) is -1.59.